The van der Waals surface area contributed by atoms with Gasteiger partial charge in [-0.05, 0) is 13.0 Å². The summed E-state index contributed by atoms with van der Waals surface area (Å²) in [5.41, 5.74) is 3.53. The molecule has 4 heteroatoms. The van der Waals surface area contributed by atoms with Crippen molar-refractivity contribution in [2.24, 2.45) is 4.99 Å². The molecule has 1 atom stereocenters. The Morgan fingerprint density at radius 3 is 3.29 bits per heavy atom. The van der Waals surface area contributed by atoms with E-state index in [4.69, 9.17) is 4.74 Å². The minimum atomic E-state index is 0.299. The minimum Gasteiger partial charge on any atom is -0.375 e. The molecule has 0 aliphatic carbocycles. The number of rotatable bonds is 1. The largest absolute Gasteiger partial charge is 0.375 e. The van der Waals surface area contributed by atoms with Crippen molar-refractivity contribution in [2.45, 2.75) is 19.4 Å². The maximum absolute atomic E-state index is 5.55. The van der Waals surface area contributed by atoms with Gasteiger partial charge < -0.3 is 9.64 Å². The molecule has 1 saturated heterocycles. The summed E-state index contributed by atoms with van der Waals surface area (Å²) < 4.78 is 5.55. The van der Waals surface area contributed by atoms with Crippen molar-refractivity contribution in [2.75, 3.05) is 31.1 Å². The molecule has 0 bridgehead atoms. The summed E-state index contributed by atoms with van der Waals surface area (Å²) in [6.45, 7) is 5.67. The molecular formula is C13H17N3O. The van der Waals surface area contributed by atoms with Crippen LogP contribution < -0.4 is 4.90 Å². The third-order valence-electron chi connectivity index (χ3n) is 3.30. The molecule has 0 radical (unpaired) electrons. The Morgan fingerprint density at radius 2 is 2.41 bits per heavy atom. The lowest BCUT2D eigenvalue weighted by Gasteiger charge is -2.33. The number of aliphatic imine (C=N–C) groups is 1. The summed E-state index contributed by atoms with van der Waals surface area (Å²) >= 11 is 0. The molecule has 4 nitrogen and oxygen atoms in total. The third-order valence-corrected chi connectivity index (χ3v) is 3.30. The van der Waals surface area contributed by atoms with Crippen molar-refractivity contribution in [3.05, 3.63) is 23.5 Å². The number of morpholine rings is 1. The number of hydrogen-bond acceptors (Lipinski definition) is 4. The van der Waals surface area contributed by atoms with Crippen LogP contribution in [0.2, 0.25) is 0 Å². The SMILES string of the molecule is CC1CN(c2cnc3c(c2)C=NCC3)CCO1. The molecular weight excluding hydrogens is 214 g/mol. The van der Waals surface area contributed by atoms with Gasteiger partial charge in [0, 0.05) is 37.8 Å². The van der Waals surface area contributed by atoms with Gasteiger partial charge in [-0.2, -0.15) is 0 Å². The first-order chi connectivity index (χ1) is 8.33. The van der Waals surface area contributed by atoms with Crippen molar-refractivity contribution in [3.63, 3.8) is 0 Å². The molecule has 0 spiro atoms. The second-order valence-electron chi connectivity index (χ2n) is 4.64. The molecule has 1 aromatic heterocycles. The molecule has 90 valence electrons. The molecule has 0 amide bonds. The first kappa shape index (κ1) is 10.7. The highest BCUT2D eigenvalue weighted by molar-refractivity contribution is 5.83. The number of anilines is 1. The Bertz CT molecular complexity index is 444. The van der Waals surface area contributed by atoms with E-state index in [1.807, 2.05) is 12.4 Å². The van der Waals surface area contributed by atoms with Gasteiger partial charge in [-0.3, -0.25) is 9.98 Å². The molecule has 17 heavy (non-hydrogen) atoms. The van der Waals surface area contributed by atoms with Crippen molar-refractivity contribution in [1.29, 1.82) is 0 Å². The van der Waals surface area contributed by atoms with Crippen LogP contribution in [0.4, 0.5) is 5.69 Å². The van der Waals surface area contributed by atoms with Crippen LogP contribution in [0, 0.1) is 0 Å². The van der Waals surface area contributed by atoms with Crippen molar-refractivity contribution >= 4 is 11.9 Å². The molecule has 0 aromatic carbocycles. The Balaban J connectivity index is 1.86. The first-order valence-corrected chi connectivity index (χ1v) is 6.18. The second-order valence-corrected chi connectivity index (χ2v) is 4.64. The lowest BCUT2D eigenvalue weighted by Crippen LogP contribution is -2.41. The number of nitrogens with zero attached hydrogens (tertiary/aromatic N) is 3. The van der Waals surface area contributed by atoms with E-state index in [9.17, 15) is 0 Å². The average Bonchev–Trinajstić information content (AvgIpc) is 2.38. The Morgan fingerprint density at radius 1 is 1.47 bits per heavy atom. The quantitative estimate of drug-likeness (QED) is 0.730. The molecule has 3 heterocycles. The van der Waals surface area contributed by atoms with Crippen LogP contribution in [0.1, 0.15) is 18.2 Å². The van der Waals surface area contributed by atoms with E-state index in [0.29, 0.717) is 6.10 Å². The van der Waals surface area contributed by atoms with Gasteiger partial charge in [-0.15, -0.1) is 0 Å². The number of aromatic nitrogens is 1. The van der Waals surface area contributed by atoms with Gasteiger partial charge in [0.2, 0.25) is 0 Å². The summed E-state index contributed by atoms with van der Waals surface area (Å²) in [5.74, 6) is 0. The summed E-state index contributed by atoms with van der Waals surface area (Å²) in [7, 11) is 0. The van der Waals surface area contributed by atoms with Gasteiger partial charge >= 0.3 is 0 Å². The van der Waals surface area contributed by atoms with Crippen LogP contribution in [0.3, 0.4) is 0 Å². The Hall–Kier alpha value is -1.42. The summed E-state index contributed by atoms with van der Waals surface area (Å²) in [6, 6.07) is 2.20. The van der Waals surface area contributed by atoms with E-state index in [1.54, 1.807) is 0 Å². The summed E-state index contributed by atoms with van der Waals surface area (Å²) in [6.07, 6.45) is 5.19. The lowest BCUT2D eigenvalue weighted by atomic mass is 10.1. The highest BCUT2D eigenvalue weighted by Crippen LogP contribution is 2.20. The normalized spacial score (nSPS) is 23.6. The molecule has 2 aliphatic rings. The summed E-state index contributed by atoms with van der Waals surface area (Å²) in [5, 5.41) is 0. The van der Waals surface area contributed by atoms with E-state index in [1.165, 1.54) is 16.9 Å². The highest BCUT2D eigenvalue weighted by Gasteiger charge is 2.18. The van der Waals surface area contributed by atoms with Crippen LogP contribution >= 0.6 is 0 Å². The molecule has 1 fully saturated rings. The Kier molecular flexibility index (Phi) is 2.81. The fraction of sp³-hybridized carbons (Fsp3) is 0.538. The second kappa shape index (κ2) is 4.45. The van der Waals surface area contributed by atoms with Gasteiger partial charge in [0.15, 0.2) is 0 Å². The fourth-order valence-corrected chi connectivity index (χ4v) is 2.38. The third kappa shape index (κ3) is 2.17. The zero-order valence-corrected chi connectivity index (χ0v) is 10.1. The Labute approximate surface area is 101 Å². The molecule has 3 rings (SSSR count). The predicted molar refractivity (Wildman–Crippen MR) is 68.0 cm³/mol. The smallest absolute Gasteiger partial charge is 0.0722 e. The number of fused-ring (bicyclic) bond motifs is 1. The van der Waals surface area contributed by atoms with Gasteiger partial charge in [-0.25, -0.2) is 0 Å². The van der Waals surface area contributed by atoms with Crippen molar-refractivity contribution in [3.8, 4) is 0 Å². The molecule has 0 N–H and O–H groups in total. The summed E-state index contributed by atoms with van der Waals surface area (Å²) in [4.78, 5) is 11.2. The van der Waals surface area contributed by atoms with Crippen LogP contribution in [0.25, 0.3) is 0 Å². The van der Waals surface area contributed by atoms with Gasteiger partial charge in [-0.1, -0.05) is 0 Å². The maximum Gasteiger partial charge on any atom is 0.0722 e. The van der Waals surface area contributed by atoms with Crippen LogP contribution in [-0.2, 0) is 11.2 Å². The van der Waals surface area contributed by atoms with Crippen LogP contribution in [0.15, 0.2) is 17.3 Å². The topological polar surface area (TPSA) is 37.7 Å². The lowest BCUT2D eigenvalue weighted by molar-refractivity contribution is 0.0532. The number of ether oxygens (including phenoxy) is 1. The van der Waals surface area contributed by atoms with E-state index in [-0.39, 0.29) is 0 Å². The van der Waals surface area contributed by atoms with E-state index >= 15 is 0 Å². The van der Waals surface area contributed by atoms with Crippen molar-refractivity contribution < 1.29 is 4.74 Å². The van der Waals surface area contributed by atoms with Crippen LogP contribution in [-0.4, -0.2) is 43.5 Å². The molecule has 0 saturated carbocycles. The van der Waals surface area contributed by atoms with Crippen LogP contribution in [0.5, 0.6) is 0 Å². The van der Waals surface area contributed by atoms with Gasteiger partial charge in [0.05, 0.1) is 30.3 Å². The monoisotopic (exact) mass is 231 g/mol. The van der Waals surface area contributed by atoms with E-state index in [2.05, 4.69) is 27.9 Å². The van der Waals surface area contributed by atoms with E-state index < -0.39 is 0 Å². The average molecular weight is 231 g/mol. The molecule has 1 aromatic rings. The van der Waals surface area contributed by atoms with Gasteiger partial charge in [0.25, 0.3) is 0 Å². The standard InChI is InChI=1S/C13H17N3O/c1-10-9-16(4-5-17-10)12-6-11-7-14-3-2-13(11)15-8-12/h6-8,10H,2-5,9H2,1H3. The number of pyridine rings is 1. The first-order valence-electron chi connectivity index (χ1n) is 6.18. The van der Waals surface area contributed by atoms with E-state index in [0.717, 1.165) is 32.7 Å². The van der Waals surface area contributed by atoms with Gasteiger partial charge in [0.1, 0.15) is 0 Å². The molecule has 1 unspecified atom stereocenters. The maximum atomic E-state index is 5.55. The number of hydrogen-bond donors (Lipinski definition) is 0. The molecule has 2 aliphatic heterocycles. The minimum absolute atomic E-state index is 0.299. The van der Waals surface area contributed by atoms with Crippen molar-refractivity contribution in [1.82, 2.24) is 4.98 Å². The zero-order valence-electron chi connectivity index (χ0n) is 10.1. The fourth-order valence-electron chi connectivity index (χ4n) is 2.38. The highest BCUT2D eigenvalue weighted by atomic mass is 16.5. The predicted octanol–water partition coefficient (Wildman–Crippen LogP) is 1.28. The zero-order chi connectivity index (χ0) is 11.7.